The van der Waals surface area contributed by atoms with Crippen molar-refractivity contribution in [2.24, 2.45) is 0 Å². The molecule has 3 atom stereocenters. The van der Waals surface area contributed by atoms with E-state index in [1.165, 1.54) is 12.1 Å². The summed E-state index contributed by atoms with van der Waals surface area (Å²) in [7, 11) is 0. The first-order valence-electron chi connectivity index (χ1n) is 9.57. The zero-order chi connectivity index (χ0) is 18.8. The largest absolute Gasteiger partial charge is 0.361 e. The van der Waals surface area contributed by atoms with Crippen LogP contribution in [0.4, 0.5) is 4.39 Å². The van der Waals surface area contributed by atoms with Gasteiger partial charge in [-0.15, -0.1) is 0 Å². The highest BCUT2D eigenvalue weighted by Gasteiger charge is 2.41. The van der Waals surface area contributed by atoms with Crippen LogP contribution >= 0.6 is 0 Å². The number of benzene rings is 1. The number of likely N-dealkylation sites (tertiary alicyclic amines) is 1. The molecule has 2 aromatic rings. The first kappa shape index (κ1) is 18.1. The van der Waals surface area contributed by atoms with Gasteiger partial charge in [-0.05, 0) is 43.9 Å². The maximum Gasteiger partial charge on any atom is 0.227 e. The van der Waals surface area contributed by atoms with E-state index < -0.39 is 0 Å². The van der Waals surface area contributed by atoms with Gasteiger partial charge in [-0.2, -0.15) is 0 Å². The van der Waals surface area contributed by atoms with Crippen molar-refractivity contribution >= 4 is 5.91 Å². The van der Waals surface area contributed by atoms with Gasteiger partial charge in [0.15, 0.2) is 0 Å². The number of nitrogens with zero attached hydrogens (tertiary/aromatic N) is 2. The van der Waals surface area contributed by atoms with E-state index in [1.807, 2.05) is 17.9 Å². The Morgan fingerprint density at radius 1 is 1.37 bits per heavy atom. The van der Waals surface area contributed by atoms with Crippen LogP contribution < -0.4 is 10.9 Å². The van der Waals surface area contributed by atoms with E-state index in [0.29, 0.717) is 5.56 Å². The second kappa shape index (κ2) is 7.78. The van der Waals surface area contributed by atoms with Gasteiger partial charge < -0.3 is 9.42 Å². The van der Waals surface area contributed by atoms with Crippen molar-refractivity contribution in [3.63, 3.8) is 0 Å². The maximum atomic E-state index is 13.5. The van der Waals surface area contributed by atoms with Crippen molar-refractivity contribution in [2.75, 3.05) is 13.1 Å². The predicted octanol–water partition coefficient (Wildman–Crippen LogP) is 2.31. The summed E-state index contributed by atoms with van der Waals surface area (Å²) in [5.41, 5.74) is 8.14. The normalized spacial score (nSPS) is 25.7. The Hall–Kier alpha value is -2.25. The Balaban J connectivity index is 1.52. The lowest BCUT2D eigenvalue weighted by Gasteiger charge is -2.40. The van der Waals surface area contributed by atoms with Gasteiger partial charge in [0.1, 0.15) is 11.6 Å². The fraction of sp³-hybridized carbons (Fsp3) is 0.500. The molecule has 144 valence electrons. The second-order valence-corrected chi connectivity index (χ2v) is 7.49. The molecule has 3 unspecified atom stereocenters. The number of amides is 1. The Kier molecular flexibility index (Phi) is 5.22. The van der Waals surface area contributed by atoms with E-state index >= 15 is 0 Å². The van der Waals surface area contributed by atoms with Crippen LogP contribution in [0, 0.1) is 12.7 Å². The van der Waals surface area contributed by atoms with Crippen LogP contribution in [0.15, 0.2) is 34.9 Å². The van der Waals surface area contributed by atoms with E-state index in [9.17, 15) is 9.18 Å². The second-order valence-electron chi connectivity index (χ2n) is 7.49. The number of aromatic nitrogens is 1. The number of carbonyl (C=O) groups excluding carboxylic acids is 1. The standard InChI is InChI=1S/C20H25FN4O2/c1-13-9-18(27-24-13)16-12-22-23-20(16)17-7-2-3-8-25(17)19(26)11-14-5-4-6-15(21)10-14/h4-6,9-10,16-17,20,22-23H,2-3,7-8,11-12H2,1H3. The summed E-state index contributed by atoms with van der Waals surface area (Å²) in [6.07, 6.45) is 3.25. The molecule has 0 aliphatic carbocycles. The molecule has 7 heteroatoms. The molecule has 1 aromatic heterocycles. The van der Waals surface area contributed by atoms with Crippen molar-refractivity contribution in [3.8, 4) is 0 Å². The molecule has 0 radical (unpaired) electrons. The van der Waals surface area contributed by atoms with Crippen molar-refractivity contribution in [3.05, 3.63) is 53.2 Å². The third-order valence-electron chi connectivity index (χ3n) is 5.56. The number of halogens is 1. The molecule has 1 aromatic carbocycles. The van der Waals surface area contributed by atoms with Crippen LogP contribution in [-0.4, -0.2) is 41.1 Å². The predicted molar refractivity (Wildman–Crippen MR) is 98.4 cm³/mol. The highest BCUT2D eigenvalue weighted by molar-refractivity contribution is 5.79. The number of nitrogens with one attached hydrogen (secondary N) is 2. The summed E-state index contributed by atoms with van der Waals surface area (Å²) in [4.78, 5) is 15.0. The lowest BCUT2D eigenvalue weighted by atomic mass is 9.86. The summed E-state index contributed by atoms with van der Waals surface area (Å²) in [5.74, 6) is 0.710. The van der Waals surface area contributed by atoms with Crippen molar-refractivity contribution in [1.82, 2.24) is 20.9 Å². The minimum Gasteiger partial charge on any atom is -0.361 e. The number of piperidine rings is 1. The summed E-state index contributed by atoms with van der Waals surface area (Å²) >= 11 is 0. The molecule has 0 spiro atoms. The van der Waals surface area contributed by atoms with Gasteiger partial charge in [0.25, 0.3) is 0 Å². The SMILES string of the molecule is Cc1cc(C2CNNC2C2CCCCN2C(=O)Cc2cccc(F)c2)on1. The highest BCUT2D eigenvalue weighted by atomic mass is 19.1. The number of rotatable bonds is 4. The van der Waals surface area contributed by atoms with Crippen LogP contribution in [0.5, 0.6) is 0 Å². The minimum absolute atomic E-state index is 0.0477. The summed E-state index contributed by atoms with van der Waals surface area (Å²) in [6.45, 7) is 3.38. The van der Waals surface area contributed by atoms with Gasteiger partial charge in [-0.3, -0.25) is 15.6 Å². The molecular formula is C20H25FN4O2. The van der Waals surface area contributed by atoms with Crippen LogP contribution in [0.3, 0.4) is 0 Å². The van der Waals surface area contributed by atoms with Crippen LogP contribution in [-0.2, 0) is 11.2 Å². The zero-order valence-electron chi connectivity index (χ0n) is 15.5. The van der Waals surface area contributed by atoms with Crippen LogP contribution in [0.2, 0.25) is 0 Å². The quantitative estimate of drug-likeness (QED) is 0.862. The summed E-state index contributed by atoms with van der Waals surface area (Å²) in [6, 6.07) is 8.39. The molecule has 2 aliphatic heterocycles. The molecular weight excluding hydrogens is 347 g/mol. The van der Waals surface area contributed by atoms with Crippen molar-refractivity contribution in [1.29, 1.82) is 0 Å². The fourth-order valence-corrected chi connectivity index (χ4v) is 4.28. The number of hydrogen-bond acceptors (Lipinski definition) is 5. The van der Waals surface area contributed by atoms with Gasteiger partial charge in [-0.25, -0.2) is 4.39 Å². The van der Waals surface area contributed by atoms with E-state index in [0.717, 1.165) is 43.8 Å². The van der Waals surface area contributed by atoms with E-state index in [4.69, 9.17) is 4.52 Å². The van der Waals surface area contributed by atoms with E-state index in [1.54, 1.807) is 12.1 Å². The van der Waals surface area contributed by atoms with Gasteiger partial charge in [0, 0.05) is 25.2 Å². The smallest absolute Gasteiger partial charge is 0.227 e. The molecule has 1 amide bonds. The number of carbonyl (C=O) groups is 1. The molecule has 0 saturated carbocycles. The van der Waals surface area contributed by atoms with Gasteiger partial charge in [-0.1, -0.05) is 17.3 Å². The molecule has 6 nitrogen and oxygen atoms in total. The van der Waals surface area contributed by atoms with E-state index in [-0.39, 0.29) is 36.1 Å². The first-order valence-corrected chi connectivity index (χ1v) is 9.57. The van der Waals surface area contributed by atoms with Crippen molar-refractivity contribution < 1.29 is 13.7 Å². The Morgan fingerprint density at radius 2 is 2.26 bits per heavy atom. The zero-order valence-corrected chi connectivity index (χ0v) is 15.5. The Bertz CT molecular complexity index is 809. The van der Waals surface area contributed by atoms with Gasteiger partial charge >= 0.3 is 0 Å². The number of hydrazine groups is 1. The molecule has 2 fully saturated rings. The van der Waals surface area contributed by atoms with Gasteiger partial charge in [0.05, 0.1) is 24.1 Å². The lowest BCUT2D eigenvalue weighted by Crippen LogP contribution is -2.55. The average Bonchev–Trinajstić information content (AvgIpc) is 3.30. The molecule has 2 N–H and O–H groups in total. The maximum absolute atomic E-state index is 13.5. The van der Waals surface area contributed by atoms with Crippen molar-refractivity contribution in [2.45, 2.75) is 50.6 Å². The number of aryl methyl sites for hydroxylation is 1. The third kappa shape index (κ3) is 3.89. The lowest BCUT2D eigenvalue weighted by molar-refractivity contribution is -0.135. The molecule has 2 aliphatic rings. The average molecular weight is 372 g/mol. The number of hydrogen-bond donors (Lipinski definition) is 2. The Morgan fingerprint density at radius 3 is 3.04 bits per heavy atom. The fourth-order valence-electron chi connectivity index (χ4n) is 4.28. The molecule has 4 rings (SSSR count). The highest BCUT2D eigenvalue weighted by Crippen LogP contribution is 2.31. The van der Waals surface area contributed by atoms with E-state index in [2.05, 4.69) is 16.0 Å². The molecule has 27 heavy (non-hydrogen) atoms. The van der Waals surface area contributed by atoms with Crippen LogP contribution in [0.25, 0.3) is 0 Å². The molecule has 2 saturated heterocycles. The molecule has 0 bridgehead atoms. The minimum atomic E-state index is -0.307. The first-order chi connectivity index (χ1) is 13.1. The monoisotopic (exact) mass is 372 g/mol. The van der Waals surface area contributed by atoms with Gasteiger partial charge in [0.2, 0.25) is 5.91 Å². The van der Waals surface area contributed by atoms with Crippen LogP contribution in [0.1, 0.15) is 42.2 Å². The molecule has 3 heterocycles. The Labute approximate surface area is 158 Å². The topological polar surface area (TPSA) is 70.4 Å². The summed E-state index contributed by atoms with van der Waals surface area (Å²) < 4.78 is 19.0. The summed E-state index contributed by atoms with van der Waals surface area (Å²) in [5, 5.41) is 4.01. The third-order valence-corrected chi connectivity index (χ3v) is 5.56.